The van der Waals surface area contributed by atoms with Crippen LogP contribution in [0.4, 0.5) is 0 Å². The van der Waals surface area contributed by atoms with Crippen LogP contribution in [0.1, 0.15) is 26.3 Å². The van der Waals surface area contributed by atoms with E-state index in [2.05, 4.69) is 4.98 Å². The topological polar surface area (TPSA) is 42.4 Å². The van der Waals surface area contributed by atoms with Gasteiger partial charge in [-0.1, -0.05) is 17.7 Å². The van der Waals surface area contributed by atoms with Gasteiger partial charge >= 0.3 is 0 Å². The van der Waals surface area contributed by atoms with E-state index in [1.807, 2.05) is 20.8 Å². The third-order valence-corrected chi connectivity index (χ3v) is 2.28. The largest absolute Gasteiger partial charge is 0.272 e. The van der Waals surface area contributed by atoms with Crippen molar-refractivity contribution < 1.29 is 9.63 Å². The zero-order valence-corrected chi connectivity index (χ0v) is 11.3. The molecule has 1 amide bonds. The van der Waals surface area contributed by atoms with Crippen LogP contribution in [-0.2, 0) is 16.1 Å². The molecule has 0 radical (unpaired) electrons. The number of amides is 1. The highest BCUT2D eigenvalue weighted by atomic mass is 35.5. The summed E-state index contributed by atoms with van der Waals surface area (Å²) in [5.41, 5.74) is 0.298. The summed E-state index contributed by atoms with van der Waals surface area (Å²) >= 11 is 5.88. The molecule has 0 unspecified atom stereocenters. The van der Waals surface area contributed by atoms with Gasteiger partial charge in [-0.15, -0.1) is 0 Å². The van der Waals surface area contributed by atoms with Crippen molar-refractivity contribution in [2.24, 2.45) is 0 Å². The van der Waals surface area contributed by atoms with Crippen molar-refractivity contribution in [1.29, 1.82) is 0 Å². The van der Waals surface area contributed by atoms with Crippen molar-refractivity contribution in [2.45, 2.75) is 32.8 Å². The first kappa shape index (κ1) is 13.9. The first-order chi connectivity index (χ1) is 7.79. The molecular formula is C12H17ClN2O2. The van der Waals surface area contributed by atoms with Gasteiger partial charge in [0, 0.05) is 13.2 Å². The number of aromatic nitrogens is 1. The minimum absolute atomic E-state index is 0.158. The van der Waals surface area contributed by atoms with E-state index in [-0.39, 0.29) is 12.3 Å². The van der Waals surface area contributed by atoms with Crippen molar-refractivity contribution in [3.8, 4) is 0 Å². The smallest absolute Gasteiger partial charge is 0.250 e. The summed E-state index contributed by atoms with van der Waals surface area (Å²) in [5.74, 6) is -0.158. The van der Waals surface area contributed by atoms with Gasteiger partial charge in [0.2, 0.25) is 5.91 Å². The zero-order valence-electron chi connectivity index (χ0n) is 10.5. The number of halogens is 1. The molecule has 0 aliphatic heterocycles. The quantitative estimate of drug-likeness (QED) is 0.616. The van der Waals surface area contributed by atoms with E-state index in [1.165, 1.54) is 5.06 Å². The molecule has 0 spiro atoms. The van der Waals surface area contributed by atoms with Gasteiger partial charge in [0.05, 0.1) is 12.0 Å². The van der Waals surface area contributed by atoms with Crippen molar-refractivity contribution >= 4 is 17.5 Å². The lowest BCUT2D eigenvalue weighted by Crippen LogP contribution is -2.36. The Hall–Kier alpha value is -1.13. The van der Waals surface area contributed by atoms with Crippen LogP contribution in [0.5, 0.6) is 0 Å². The van der Waals surface area contributed by atoms with E-state index in [1.54, 1.807) is 25.4 Å². The highest BCUT2D eigenvalue weighted by molar-refractivity contribution is 6.30. The predicted molar refractivity (Wildman–Crippen MR) is 66.6 cm³/mol. The van der Waals surface area contributed by atoms with Crippen LogP contribution in [0, 0.1) is 0 Å². The molecule has 1 aromatic heterocycles. The van der Waals surface area contributed by atoms with Gasteiger partial charge in [0.1, 0.15) is 5.15 Å². The lowest BCUT2D eigenvalue weighted by Gasteiger charge is -2.26. The normalized spacial score (nSPS) is 11.4. The summed E-state index contributed by atoms with van der Waals surface area (Å²) in [5, 5.41) is 1.59. The fraction of sp³-hybridized carbons (Fsp3) is 0.500. The van der Waals surface area contributed by atoms with Crippen molar-refractivity contribution in [1.82, 2.24) is 10.0 Å². The van der Waals surface area contributed by atoms with Crippen LogP contribution in [0.3, 0.4) is 0 Å². The molecule has 4 nitrogen and oxygen atoms in total. The maximum Gasteiger partial charge on any atom is 0.250 e. The van der Waals surface area contributed by atoms with E-state index in [0.29, 0.717) is 10.7 Å². The molecule has 0 aromatic carbocycles. The fourth-order valence-corrected chi connectivity index (χ4v) is 1.47. The van der Waals surface area contributed by atoms with Crippen molar-refractivity contribution in [3.05, 3.63) is 29.0 Å². The molecule has 0 bridgehead atoms. The molecule has 0 fully saturated rings. The monoisotopic (exact) mass is 256 g/mol. The average molecular weight is 257 g/mol. The molecule has 0 saturated carbocycles. The number of hydrogen-bond donors (Lipinski definition) is 0. The number of likely N-dealkylation sites (N-methyl/N-ethyl adjacent to an activating group) is 1. The second kappa shape index (κ2) is 5.47. The Morgan fingerprint density at radius 1 is 1.53 bits per heavy atom. The van der Waals surface area contributed by atoms with Gasteiger partial charge in [-0.25, -0.2) is 10.0 Å². The Morgan fingerprint density at radius 3 is 2.71 bits per heavy atom. The molecule has 0 aliphatic carbocycles. The first-order valence-electron chi connectivity index (χ1n) is 5.34. The van der Waals surface area contributed by atoms with Gasteiger partial charge in [-0.05, 0) is 32.4 Å². The number of pyridine rings is 1. The second-order valence-corrected chi connectivity index (χ2v) is 5.08. The minimum atomic E-state index is -0.400. The average Bonchev–Trinajstić information content (AvgIpc) is 2.18. The number of hydroxylamine groups is 2. The minimum Gasteiger partial charge on any atom is -0.272 e. The zero-order chi connectivity index (χ0) is 13.1. The Bertz CT molecular complexity index is 402. The number of rotatable bonds is 3. The maximum absolute atomic E-state index is 11.9. The van der Waals surface area contributed by atoms with Gasteiger partial charge in [-0.3, -0.25) is 9.63 Å². The van der Waals surface area contributed by atoms with Crippen molar-refractivity contribution in [3.63, 3.8) is 0 Å². The van der Waals surface area contributed by atoms with Crippen molar-refractivity contribution in [2.75, 3.05) is 7.05 Å². The van der Waals surface area contributed by atoms with Gasteiger partial charge < -0.3 is 0 Å². The number of carbonyl (C=O) groups excluding carboxylic acids is 1. The van der Waals surface area contributed by atoms with Crippen LogP contribution in [-0.4, -0.2) is 28.6 Å². The van der Waals surface area contributed by atoms with E-state index < -0.39 is 5.60 Å². The number of hydrogen-bond acceptors (Lipinski definition) is 3. The molecule has 0 saturated heterocycles. The molecular weight excluding hydrogens is 240 g/mol. The van der Waals surface area contributed by atoms with E-state index in [9.17, 15) is 4.79 Å². The SMILES string of the molecule is CN(OC(C)(C)C)C(=O)Cc1cccnc1Cl. The van der Waals surface area contributed by atoms with Crippen LogP contribution < -0.4 is 0 Å². The van der Waals surface area contributed by atoms with E-state index in [4.69, 9.17) is 16.4 Å². The van der Waals surface area contributed by atoms with Crippen LogP contribution in [0.15, 0.2) is 18.3 Å². The molecule has 17 heavy (non-hydrogen) atoms. The summed E-state index contributed by atoms with van der Waals surface area (Å²) in [6.07, 6.45) is 1.77. The molecule has 0 N–H and O–H groups in total. The predicted octanol–water partition coefficient (Wildman–Crippen LogP) is 2.47. The Labute approximate surface area is 106 Å². The maximum atomic E-state index is 11.9. The molecule has 1 heterocycles. The lowest BCUT2D eigenvalue weighted by molar-refractivity contribution is -0.216. The Balaban J connectivity index is 2.64. The van der Waals surface area contributed by atoms with Gasteiger partial charge in [0.15, 0.2) is 0 Å². The van der Waals surface area contributed by atoms with Crippen LogP contribution >= 0.6 is 11.6 Å². The fourth-order valence-electron chi connectivity index (χ4n) is 1.29. The third-order valence-electron chi connectivity index (χ3n) is 1.94. The van der Waals surface area contributed by atoms with E-state index >= 15 is 0 Å². The summed E-state index contributed by atoms with van der Waals surface area (Å²) in [7, 11) is 1.60. The summed E-state index contributed by atoms with van der Waals surface area (Å²) in [4.78, 5) is 21.2. The number of nitrogens with zero attached hydrogens (tertiary/aromatic N) is 2. The third kappa shape index (κ3) is 4.71. The highest BCUT2D eigenvalue weighted by Crippen LogP contribution is 2.14. The summed E-state index contributed by atoms with van der Waals surface area (Å²) in [6.45, 7) is 5.65. The molecule has 94 valence electrons. The molecule has 0 atom stereocenters. The molecule has 5 heteroatoms. The first-order valence-corrected chi connectivity index (χ1v) is 5.72. The van der Waals surface area contributed by atoms with Gasteiger partial charge in [-0.2, -0.15) is 0 Å². The lowest BCUT2D eigenvalue weighted by atomic mass is 10.2. The highest BCUT2D eigenvalue weighted by Gasteiger charge is 2.19. The Morgan fingerprint density at radius 2 is 2.18 bits per heavy atom. The number of carbonyl (C=O) groups is 1. The van der Waals surface area contributed by atoms with Crippen LogP contribution in [0.25, 0.3) is 0 Å². The van der Waals surface area contributed by atoms with Gasteiger partial charge in [0.25, 0.3) is 0 Å². The molecule has 1 aromatic rings. The van der Waals surface area contributed by atoms with Crippen LogP contribution in [0.2, 0.25) is 5.15 Å². The second-order valence-electron chi connectivity index (χ2n) is 4.72. The summed E-state index contributed by atoms with van der Waals surface area (Å²) < 4.78 is 0. The Kier molecular flexibility index (Phi) is 4.48. The molecule has 0 aliphatic rings. The standard InChI is InChI=1S/C12H17ClN2O2/c1-12(2,3)17-15(4)10(16)8-9-6-5-7-14-11(9)13/h5-7H,8H2,1-4H3. The van der Waals surface area contributed by atoms with E-state index in [0.717, 1.165) is 0 Å². The summed E-state index contributed by atoms with van der Waals surface area (Å²) in [6, 6.07) is 3.53. The molecule has 1 rings (SSSR count).